The SMILES string of the molecule is O=C(NCCc1ccccn1)C(C1CCCC1)N1CCN(C(=O)COCc2ccccc2)CC1. The average Bonchev–Trinajstić information content (AvgIpc) is 3.40. The lowest BCUT2D eigenvalue weighted by Gasteiger charge is -2.40. The first-order chi connectivity index (χ1) is 16.7. The van der Waals surface area contributed by atoms with Crippen molar-refractivity contribution in [2.45, 2.75) is 44.8 Å². The molecule has 0 radical (unpaired) electrons. The third-order valence-corrected chi connectivity index (χ3v) is 6.92. The number of hydrogen-bond donors (Lipinski definition) is 1. The number of benzene rings is 1. The highest BCUT2D eigenvalue weighted by atomic mass is 16.5. The van der Waals surface area contributed by atoms with Gasteiger partial charge in [-0.05, 0) is 36.5 Å². The van der Waals surface area contributed by atoms with Gasteiger partial charge >= 0.3 is 0 Å². The molecule has 2 heterocycles. The van der Waals surface area contributed by atoms with Crippen molar-refractivity contribution >= 4 is 11.8 Å². The number of amides is 2. The second-order valence-electron chi connectivity index (χ2n) is 9.25. The Kier molecular flexibility index (Phi) is 9.04. The molecule has 0 spiro atoms. The van der Waals surface area contributed by atoms with E-state index in [1.807, 2.05) is 53.4 Å². The van der Waals surface area contributed by atoms with Gasteiger partial charge in [-0.3, -0.25) is 19.5 Å². The summed E-state index contributed by atoms with van der Waals surface area (Å²) in [7, 11) is 0. The maximum atomic E-state index is 13.2. The molecule has 4 rings (SSSR count). The number of ether oxygens (including phenoxy) is 1. The smallest absolute Gasteiger partial charge is 0.248 e. The number of carbonyl (C=O) groups is 2. The van der Waals surface area contributed by atoms with Crippen molar-refractivity contribution in [1.29, 1.82) is 0 Å². The summed E-state index contributed by atoms with van der Waals surface area (Å²) >= 11 is 0. The molecule has 2 fully saturated rings. The summed E-state index contributed by atoms with van der Waals surface area (Å²) in [5.74, 6) is 0.535. The summed E-state index contributed by atoms with van der Waals surface area (Å²) in [6.07, 6.45) is 7.11. The lowest BCUT2D eigenvalue weighted by molar-refractivity contribution is -0.139. The van der Waals surface area contributed by atoms with Gasteiger partial charge in [0.1, 0.15) is 6.61 Å². The fourth-order valence-electron chi connectivity index (χ4n) is 5.09. The van der Waals surface area contributed by atoms with Crippen LogP contribution in [-0.2, 0) is 27.4 Å². The fraction of sp³-hybridized carbons (Fsp3) is 0.519. The zero-order chi connectivity index (χ0) is 23.6. The molecule has 0 bridgehead atoms. The first kappa shape index (κ1) is 24.4. The molecule has 1 saturated heterocycles. The molecular formula is C27H36N4O3. The van der Waals surface area contributed by atoms with Crippen LogP contribution in [0.4, 0.5) is 0 Å². The molecule has 1 aromatic carbocycles. The van der Waals surface area contributed by atoms with Crippen molar-refractivity contribution in [1.82, 2.24) is 20.1 Å². The van der Waals surface area contributed by atoms with Gasteiger partial charge in [-0.2, -0.15) is 0 Å². The van der Waals surface area contributed by atoms with E-state index in [-0.39, 0.29) is 24.5 Å². The highest BCUT2D eigenvalue weighted by Gasteiger charge is 2.37. The van der Waals surface area contributed by atoms with Crippen LogP contribution >= 0.6 is 0 Å². The molecule has 34 heavy (non-hydrogen) atoms. The summed E-state index contributed by atoms with van der Waals surface area (Å²) in [6.45, 7) is 3.84. The van der Waals surface area contributed by atoms with Crippen LogP contribution in [-0.4, -0.2) is 72.0 Å². The molecule has 7 nitrogen and oxygen atoms in total. The number of carbonyl (C=O) groups excluding carboxylic acids is 2. The molecule has 2 amide bonds. The Morgan fingerprint density at radius 2 is 1.74 bits per heavy atom. The Balaban J connectivity index is 1.25. The number of hydrogen-bond acceptors (Lipinski definition) is 5. The van der Waals surface area contributed by atoms with Crippen LogP contribution < -0.4 is 5.32 Å². The Bertz CT molecular complexity index is 895. The maximum Gasteiger partial charge on any atom is 0.248 e. The Labute approximate surface area is 202 Å². The lowest BCUT2D eigenvalue weighted by atomic mass is 9.95. The number of aromatic nitrogens is 1. The molecule has 1 aliphatic heterocycles. The molecular weight excluding hydrogens is 428 g/mol. The molecule has 2 aromatic rings. The minimum absolute atomic E-state index is 0.0211. The second-order valence-corrected chi connectivity index (χ2v) is 9.25. The van der Waals surface area contributed by atoms with E-state index in [4.69, 9.17) is 4.74 Å². The molecule has 1 aromatic heterocycles. The minimum atomic E-state index is -0.113. The zero-order valence-corrected chi connectivity index (χ0v) is 19.9. The molecule has 1 aliphatic carbocycles. The summed E-state index contributed by atoms with van der Waals surface area (Å²) < 4.78 is 5.64. The van der Waals surface area contributed by atoms with Gasteiger partial charge in [-0.25, -0.2) is 0 Å². The monoisotopic (exact) mass is 464 g/mol. The first-order valence-corrected chi connectivity index (χ1v) is 12.5. The number of pyridine rings is 1. The quantitative estimate of drug-likeness (QED) is 0.585. The van der Waals surface area contributed by atoms with Crippen LogP contribution in [0.2, 0.25) is 0 Å². The van der Waals surface area contributed by atoms with E-state index in [9.17, 15) is 9.59 Å². The fourth-order valence-corrected chi connectivity index (χ4v) is 5.09. The van der Waals surface area contributed by atoms with E-state index < -0.39 is 0 Å². The lowest BCUT2D eigenvalue weighted by Crippen LogP contribution is -2.58. The average molecular weight is 465 g/mol. The predicted molar refractivity (Wildman–Crippen MR) is 131 cm³/mol. The third kappa shape index (κ3) is 6.87. The van der Waals surface area contributed by atoms with Crippen LogP contribution in [0, 0.1) is 5.92 Å². The third-order valence-electron chi connectivity index (χ3n) is 6.92. The number of nitrogens with one attached hydrogen (secondary N) is 1. The molecule has 1 N–H and O–H groups in total. The van der Waals surface area contributed by atoms with E-state index in [0.717, 1.165) is 43.6 Å². The van der Waals surface area contributed by atoms with Crippen LogP contribution in [0.15, 0.2) is 54.7 Å². The summed E-state index contributed by atoms with van der Waals surface area (Å²) in [4.78, 5) is 34.4. The van der Waals surface area contributed by atoms with Gasteiger partial charge < -0.3 is 15.0 Å². The van der Waals surface area contributed by atoms with E-state index in [1.54, 1.807) is 6.20 Å². The van der Waals surface area contributed by atoms with Gasteiger partial charge in [0.25, 0.3) is 0 Å². The van der Waals surface area contributed by atoms with E-state index >= 15 is 0 Å². The minimum Gasteiger partial charge on any atom is -0.367 e. The van der Waals surface area contributed by atoms with Gasteiger partial charge in [0.2, 0.25) is 11.8 Å². The van der Waals surface area contributed by atoms with Crippen LogP contribution in [0.25, 0.3) is 0 Å². The van der Waals surface area contributed by atoms with E-state index in [2.05, 4.69) is 15.2 Å². The topological polar surface area (TPSA) is 74.8 Å². The van der Waals surface area contributed by atoms with E-state index in [0.29, 0.717) is 32.2 Å². The second kappa shape index (κ2) is 12.6. The molecule has 7 heteroatoms. The van der Waals surface area contributed by atoms with Crippen LogP contribution in [0.5, 0.6) is 0 Å². The van der Waals surface area contributed by atoms with Crippen molar-refractivity contribution in [3.8, 4) is 0 Å². The van der Waals surface area contributed by atoms with Gasteiger partial charge in [0.15, 0.2) is 0 Å². The zero-order valence-electron chi connectivity index (χ0n) is 19.9. The first-order valence-electron chi connectivity index (χ1n) is 12.5. The number of piperazine rings is 1. The van der Waals surface area contributed by atoms with Crippen molar-refractivity contribution < 1.29 is 14.3 Å². The Hall–Kier alpha value is -2.77. The van der Waals surface area contributed by atoms with Gasteiger partial charge in [0.05, 0.1) is 12.6 Å². The van der Waals surface area contributed by atoms with Gasteiger partial charge in [-0.1, -0.05) is 49.2 Å². The molecule has 182 valence electrons. The standard InChI is InChI=1S/C27H36N4O3/c32-25(21-34-20-22-8-2-1-3-9-22)30-16-18-31(19-17-30)26(23-10-4-5-11-23)27(33)29-15-13-24-12-6-7-14-28-24/h1-3,6-9,12,14,23,26H,4-5,10-11,13,15-21H2,(H,29,33). The summed E-state index contributed by atoms with van der Waals surface area (Å²) in [5.41, 5.74) is 2.05. The number of rotatable bonds is 10. The molecule has 2 aliphatic rings. The predicted octanol–water partition coefficient (Wildman–Crippen LogP) is 2.66. The van der Waals surface area contributed by atoms with Crippen LogP contribution in [0.3, 0.4) is 0 Å². The van der Waals surface area contributed by atoms with Gasteiger partial charge in [0, 0.05) is 51.0 Å². The highest BCUT2D eigenvalue weighted by molar-refractivity contribution is 5.82. The summed E-state index contributed by atoms with van der Waals surface area (Å²) in [5, 5.41) is 3.16. The largest absolute Gasteiger partial charge is 0.367 e. The molecule has 1 saturated carbocycles. The highest BCUT2D eigenvalue weighted by Crippen LogP contribution is 2.31. The summed E-state index contributed by atoms with van der Waals surface area (Å²) in [6, 6.07) is 15.6. The molecule has 1 unspecified atom stereocenters. The normalized spacial score (nSPS) is 18.1. The van der Waals surface area contributed by atoms with Crippen molar-refractivity contribution in [3.05, 3.63) is 66.0 Å². The maximum absolute atomic E-state index is 13.2. The Morgan fingerprint density at radius 3 is 2.44 bits per heavy atom. The van der Waals surface area contributed by atoms with Crippen molar-refractivity contribution in [2.24, 2.45) is 5.92 Å². The van der Waals surface area contributed by atoms with Crippen molar-refractivity contribution in [2.75, 3.05) is 39.3 Å². The molecule has 1 atom stereocenters. The van der Waals surface area contributed by atoms with Crippen molar-refractivity contribution in [3.63, 3.8) is 0 Å². The number of nitrogens with zero attached hydrogens (tertiary/aromatic N) is 3. The van der Waals surface area contributed by atoms with Gasteiger partial charge in [-0.15, -0.1) is 0 Å². The Morgan fingerprint density at radius 1 is 1.00 bits per heavy atom. The van der Waals surface area contributed by atoms with E-state index in [1.165, 1.54) is 12.8 Å². The van der Waals surface area contributed by atoms with Crippen LogP contribution in [0.1, 0.15) is 36.9 Å².